The fourth-order valence-electron chi connectivity index (χ4n) is 4.19. The Morgan fingerprint density at radius 2 is 1.93 bits per heavy atom. The number of aromatic nitrogens is 1. The summed E-state index contributed by atoms with van der Waals surface area (Å²) in [6.45, 7) is 5.64. The predicted molar refractivity (Wildman–Crippen MR) is 103 cm³/mol. The van der Waals surface area contributed by atoms with Crippen molar-refractivity contribution in [1.82, 2.24) is 9.47 Å². The summed E-state index contributed by atoms with van der Waals surface area (Å²) in [5.41, 5.74) is 3.35. The molecule has 3 nitrogen and oxygen atoms in total. The van der Waals surface area contributed by atoms with Gasteiger partial charge in [0, 0.05) is 41.3 Å². The number of fused-ring (bicyclic) bond motifs is 3. The number of hydrogen-bond donors (Lipinski definition) is 1. The zero-order valence-corrected chi connectivity index (χ0v) is 15.9. The summed E-state index contributed by atoms with van der Waals surface area (Å²) in [5, 5.41) is 12.3. The van der Waals surface area contributed by atoms with Gasteiger partial charge in [-0.15, -0.1) is 0 Å². The summed E-state index contributed by atoms with van der Waals surface area (Å²) in [4.78, 5) is 2.25. The molecule has 0 amide bonds. The molecule has 1 aliphatic heterocycles. The molecular weight excluding hydrogens is 346 g/mol. The molecule has 0 bridgehead atoms. The Labute approximate surface area is 157 Å². The maximum atomic E-state index is 14.3. The fraction of sp³-hybridized carbons (Fsp3) is 0.364. The number of benzene rings is 2. The Hall–Kier alpha value is -2.24. The number of halogens is 2. The highest BCUT2D eigenvalue weighted by molar-refractivity contribution is 5.86. The lowest BCUT2D eigenvalue weighted by atomic mass is 9.95. The fourth-order valence-corrected chi connectivity index (χ4v) is 4.19. The van der Waals surface area contributed by atoms with Crippen LogP contribution in [0.4, 0.5) is 8.78 Å². The average molecular weight is 370 g/mol. The minimum atomic E-state index is -1.46. The highest BCUT2D eigenvalue weighted by Crippen LogP contribution is 2.35. The molecule has 142 valence electrons. The van der Waals surface area contributed by atoms with E-state index in [-0.39, 0.29) is 12.1 Å². The van der Waals surface area contributed by atoms with Gasteiger partial charge in [0.05, 0.1) is 6.54 Å². The molecule has 3 aromatic rings. The number of hydrogen-bond acceptors (Lipinski definition) is 2. The van der Waals surface area contributed by atoms with Crippen molar-refractivity contribution in [2.75, 3.05) is 13.6 Å². The summed E-state index contributed by atoms with van der Waals surface area (Å²) < 4.78 is 29.7. The van der Waals surface area contributed by atoms with Crippen LogP contribution in [0.25, 0.3) is 10.9 Å². The molecule has 4 rings (SSSR count). The summed E-state index contributed by atoms with van der Waals surface area (Å²) in [6, 6.07) is 9.65. The van der Waals surface area contributed by atoms with E-state index in [1.807, 2.05) is 0 Å². The van der Waals surface area contributed by atoms with E-state index in [0.29, 0.717) is 0 Å². The lowest BCUT2D eigenvalue weighted by molar-refractivity contribution is 0.0344. The molecule has 1 aromatic heterocycles. The maximum Gasteiger partial charge on any atom is 0.132 e. The van der Waals surface area contributed by atoms with E-state index in [4.69, 9.17) is 0 Å². The van der Waals surface area contributed by atoms with Crippen molar-refractivity contribution in [3.63, 3.8) is 0 Å². The van der Waals surface area contributed by atoms with Crippen molar-refractivity contribution in [3.05, 3.63) is 70.4 Å². The Morgan fingerprint density at radius 3 is 2.67 bits per heavy atom. The van der Waals surface area contributed by atoms with E-state index in [2.05, 4.69) is 41.6 Å². The van der Waals surface area contributed by atoms with Crippen molar-refractivity contribution in [2.24, 2.45) is 0 Å². The van der Waals surface area contributed by atoms with E-state index in [1.165, 1.54) is 28.6 Å². The Morgan fingerprint density at radius 1 is 1.15 bits per heavy atom. The van der Waals surface area contributed by atoms with Crippen LogP contribution in [0.3, 0.4) is 0 Å². The first-order chi connectivity index (χ1) is 12.8. The van der Waals surface area contributed by atoms with Crippen molar-refractivity contribution in [2.45, 2.75) is 39.0 Å². The van der Waals surface area contributed by atoms with Gasteiger partial charge < -0.3 is 14.6 Å². The molecule has 1 unspecified atom stereocenters. The van der Waals surface area contributed by atoms with Crippen LogP contribution < -0.4 is 0 Å². The smallest absolute Gasteiger partial charge is 0.132 e. The van der Waals surface area contributed by atoms with Crippen LogP contribution in [0.5, 0.6) is 0 Å². The van der Waals surface area contributed by atoms with Gasteiger partial charge in [-0.3, -0.25) is 0 Å². The average Bonchev–Trinajstić information content (AvgIpc) is 2.86. The van der Waals surface area contributed by atoms with Crippen LogP contribution in [0, 0.1) is 18.6 Å². The van der Waals surface area contributed by atoms with Gasteiger partial charge in [-0.25, -0.2) is 8.78 Å². The second-order valence-corrected chi connectivity index (χ2v) is 7.92. The van der Waals surface area contributed by atoms with Crippen molar-refractivity contribution in [1.29, 1.82) is 0 Å². The monoisotopic (exact) mass is 370 g/mol. The van der Waals surface area contributed by atoms with Crippen LogP contribution in [0.1, 0.15) is 29.3 Å². The second-order valence-electron chi connectivity index (χ2n) is 7.92. The van der Waals surface area contributed by atoms with Gasteiger partial charge in [0.15, 0.2) is 0 Å². The van der Waals surface area contributed by atoms with Crippen molar-refractivity contribution in [3.8, 4) is 0 Å². The zero-order valence-electron chi connectivity index (χ0n) is 15.9. The molecule has 0 fully saturated rings. The molecule has 5 heteroatoms. The molecule has 1 aliphatic rings. The van der Waals surface area contributed by atoms with Crippen molar-refractivity contribution >= 4 is 10.9 Å². The first-order valence-corrected chi connectivity index (χ1v) is 9.23. The number of rotatable bonds is 3. The molecule has 0 aliphatic carbocycles. The second kappa shape index (κ2) is 6.43. The van der Waals surface area contributed by atoms with E-state index < -0.39 is 17.2 Å². The molecule has 2 aromatic carbocycles. The minimum absolute atomic E-state index is 0.107. The lowest BCUT2D eigenvalue weighted by Gasteiger charge is -2.29. The van der Waals surface area contributed by atoms with Crippen LogP contribution in [-0.4, -0.2) is 28.2 Å². The zero-order chi connectivity index (χ0) is 19.3. The lowest BCUT2D eigenvalue weighted by Crippen LogP contribution is -2.32. The first-order valence-electron chi connectivity index (χ1n) is 9.23. The predicted octanol–water partition coefficient (Wildman–Crippen LogP) is 4.12. The maximum absolute atomic E-state index is 14.3. The highest BCUT2D eigenvalue weighted by Gasteiger charge is 2.31. The Kier molecular flexibility index (Phi) is 4.32. The molecule has 0 radical (unpaired) electrons. The van der Waals surface area contributed by atoms with Crippen molar-refractivity contribution < 1.29 is 13.9 Å². The van der Waals surface area contributed by atoms with Crippen LogP contribution >= 0.6 is 0 Å². The molecule has 2 heterocycles. The third-order valence-corrected chi connectivity index (χ3v) is 5.58. The summed E-state index contributed by atoms with van der Waals surface area (Å²) in [5.74, 6) is -1.37. The summed E-state index contributed by atoms with van der Waals surface area (Å²) in [7, 11) is 2.08. The Balaban J connectivity index is 1.85. The van der Waals surface area contributed by atoms with E-state index in [0.717, 1.165) is 36.8 Å². The number of likely N-dealkylation sites (N-methyl/N-ethyl adjacent to an activating group) is 1. The van der Waals surface area contributed by atoms with Gasteiger partial charge in [0.1, 0.15) is 17.2 Å². The first kappa shape index (κ1) is 18.1. The molecule has 0 saturated heterocycles. The SMILES string of the molecule is Cc1ccc2c(c1)c1c(n2CC(C)(O)c2ccc(F)cc2F)CN(C)CC1. The quantitative estimate of drug-likeness (QED) is 0.751. The van der Waals surface area contributed by atoms with Gasteiger partial charge in [-0.2, -0.15) is 0 Å². The van der Waals surface area contributed by atoms with Crippen LogP contribution in [-0.2, 0) is 25.1 Å². The molecule has 27 heavy (non-hydrogen) atoms. The van der Waals surface area contributed by atoms with Gasteiger partial charge in [0.25, 0.3) is 0 Å². The minimum Gasteiger partial charge on any atom is -0.383 e. The molecule has 0 saturated carbocycles. The van der Waals surface area contributed by atoms with Gasteiger partial charge >= 0.3 is 0 Å². The van der Waals surface area contributed by atoms with E-state index >= 15 is 0 Å². The summed E-state index contributed by atoms with van der Waals surface area (Å²) >= 11 is 0. The number of aryl methyl sites for hydroxylation is 1. The highest BCUT2D eigenvalue weighted by atomic mass is 19.1. The van der Waals surface area contributed by atoms with Crippen LogP contribution in [0.15, 0.2) is 36.4 Å². The molecule has 0 spiro atoms. The van der Waals surface area contributed by atoms with Crippen LogP contribution in [0.2, 0.25) is 0 Å². The molecule has 1 N–H and O–H groups in total. The Bertz CT molecular complexity index is 1020. The molecular formula is C22H24F2N2O. The van der Waals surface area contributed by atoms with Gasteiger partial charge in [-0.05, 0) is 51.1 Å². The third kappa shape index (κ3) is 3.15. The normalized spacial score (nSPS) is 17.1. The van der Waals surface area contributed by atoms with E-state index in [1.54, 1.807) is 6.92 Å². The largest absolute Gasteiger partial charge is 0.383 e. The standard InChI is InChI=1S/C22H24F2N2O/c1-14-4-7-20-17(10-14)16-8-9-25(3)12-21(16)26(20)13-22(2,27)18-6-5-15(23)11-19(18)24/h4-7,10-11,27H,8-9,12-13H2,1-3H3. The topological polar surface area (TPSA) is 28.4 Å². The number of aliphatic hydroxyl groups is 1. The number of nitrogens with zero attached hydrogens (tertiary/aromatic N) is 2. The van der Waals surface area contributed by atoms with Gasteiger partial charge in [-0.1, -0.05) is 17.7 Å². The molecule has 1 atom stereocenters. The van der Waals surface area contributed by atoms with Gasteiger partial charge in [0.2, 0.25) is 0 Å². The third-order valence-electron chi connectivity index (χ3n) is 5.58. The van der Waals surface area contributed by atoms with E-state index in [9.17, 15) is 13.9 Å². The summed E-state index contributed by atoms with van der Waals surface area (Å²) in [6.07, 6.45) is 0.950.